The van der Waals surface area contributed by atoms with Crippen molar-refractivity contribution in [2.75, 3.05) is 11.9 Å². The van der Waals surface area contributed by atoms with Gasteiger partial charge in [0.1, 0.15) is 0 Å². The van der Waals surface area contributed by atoms with Crippen LogP contribution in [0.2, 0.25) is 5.02 Å². The minimum absolute atomic E-state index is 0.741. The van der Waals surface area contributed by atoms with Gasteiger partial charge >= 0.3 is 0 Å². The average Bonchev–Trinajstić information content (AvgIpc) is 2.40. The Labute approximate surface area is 121 Å². The van der Waals surface area contributed by atoms with Crippen LogP contribution in [0.4, 0.5) is 5.69 Å². The molecule has 0 aromatic heterocycles. The van der Waals surface area contributed by atoms with Crippen molar-refractivity contribution in [3.05, 3.63) is 63.6 Å². The molecule has 0 aliphatic heterocycles. The summed E-state index contributed by atoms with van der Waals surface area (Å²) in [6, 6.07) is 16.4. The summed E-state index contributed by atoms with van der Waals surface area (Å²) in [6.07, 6.45) is 2.22. The summed E-state index contributed by atoms with van der Waals surface area (Å²) in [5.74, 6) is 0. The number of rotatable bonds is 5. The van der Waals surface area contributed by atoms with Crippen LogP contribution >= 0.6 is 27.5 Å². The first kappa shape index (κ1) is 13.4. The molecule has 0 unspecified atom stereocenters. The monoisotopic (exact) mass is 323 g/mol. The SMILES string of the molecule is Clc1ccc(NCCCc2ccccc2)cc1Br. The Morgan fingerprint density at radius 3 is 2.56 bits per heavy atom. The molecule has 0 aliphatic rings. The van der Waals surface area contributed by atoms with E-state index in [0.717, 1.165) is 34.6 Å². The van der Waals surface area contributed by atoms with Crippen LogP contribution in [0, 0.1) is 0 Å². The second-order valence-corrected chi connectivity index (χ2v) is 5.41. The quantitative estimate of drug-likeness (QED) is 0.750. The van der Waals surface area contributed by atoms with Gasteiger partial charge in [-0.05, 0) is 52.5 Å². The maximum atomic E-state index is 5.95. The zero-order valence-electron chi connectivity index (χ0n) is 10.00. The first-order valence-corrected chi connectivity index (χ1v) is 7.15. The van der Waals surface area contributed by atoms with Crippen LogP contribution in [0.25, 0.3) is 0 Å². The second kappa shape index (κ2) is 6.81. The third kappa shape index (κ3) is 4.04. The van der Waals surface area contributed by atoms with Gasteiger partial charge in [0.05, 0.1) is 5.02 Å². The van der Waals surface area contributed by atoms with Crippen molar-refractivity contribution in [1.82, 2.24) is 0 Å². The van der Waals surface area contributed by atoms with E-state index >= 15 is 0 Å². The normalized spacial score (nSPS) is 10.3. The van der Waals surface area contributed by atoms with Gasteiger partial charge in [-0.15, -0.1) is 0 Å². The number of benzene rings is 2. The third-order valence-corrected chi connectivity index (χ3v) is 3.95. The van der Waals surface area contributed by atoms with E-state index in [-0.39, 0.29) is 0 Å². The highest BCUT2D eigenvalue weighted by atomic mass is 79.9. The molecule has 0 saturated heterocycles. The lowest BCUT2D eigenvalue weighted by molar-refractivity contribution is 0.863. The Balaban J connectivity index is 1.77. The molecule has 0 spiro atoms. The molecule has 0 saturated carbocycles. The third-order valence-electron chi connectivity index (χ3n) is 2.73. The predicted octanol–water partition coefficient (Wildman–Crippen LogP) is 5.15. The highest BCUT2D eigenvalue weighted by Gasteiger charge is 1.98. The van der Waals surface area contributed by atoms with E-state index in [4.69, 9.17) is 11.6 Å². The van der Waals surface area contributed by atoms with Crippen molar-refractivity contribution in [2.24, 2.45) is 0 Å². The highest BCUT2D eigenvalue weighted by molar-refractivity contribution is 9.10. The number of hydrogen-bond donors (Lipinski definition) is 1. The van der Waals surface area contributed by atoms with Crippen molar-refractivity contribution in [2.45, 2.75) is 12.8 Å². The lowest BCUT2D eigenvalue weighted by Gasteiger charge is -2.07. The molecule has 18 heavy (non-hydrogen) atoms. The van der Waals surface area contributed by atoms with Crippen molar-refractivity contribution in [3.8, 4) is 0 Å². The maximum absolute atomic E-state index is 5.95. The fourth-order valence-electron chi connectivity index (χ4n) is 1.78. The van der Waals surface area contributed by atoms with Gasteiger partial charge in [-0.2, -0.15) is 0 Å². The molecular formula is C15H15BrClN. The van der Waals surface area contributed by atoms with E-state index in [2.05, 4.69) is 45.5 Å². The number of aryl methyl sites for hydroxylation is 1. The minimum atomic E-state index is 0.741. The van der Waals surface area contributed by atoms with Gasteiger partial charge in [-0.1, -0.05) is 41.9 Å². The second-order valence-electron chi connectivity index (χ2n) is 4.14. The largest absolute Gasteiger partial charge is 0.385 e. The summed E-state index contributed by atoms with van der Waals surface area (Å²) in [5.41, 5.74) is 2.48. The number of halogens is 2. The molecule has 2 aromatic rings. The van der Waals surface area contributed by atoms with Crippen LogP contribution in [0.3, 0.4) is 0 Å². The Kier molecular flexibility index (Phi) is 5.09. The van der Waals surface area contributed by atoms with Crippen LogP contribution in [0.15, 0.2) is 53.0 Å². The van der Waals surface area contributed by atoms with Gasteiger partial charge in [0.15, 0.2) is 0 Å². The molecule has 3 heteroatoms. The van der Waals surface area contributed by atoms with Crippen molar-refractivity contribution >= 4 is 33.2 Å². The maximum Gasteiger partial charge on any atom is 0.0549 e. The van der Waals surface area contributed by atoms with E-state index < -0.39 is 0 Å². The molecule has 0 amide bonds. The van der Waals surface area contributed by atoms with Crippen molar-refractivity contribution in [1.29, 1.82) is 0 Å². The van der Waals surface area contributed by atoms with Crippen LogP contribution in [0.1, 0.15) is 12.0 Å². The number of nitrogens with one attached hydrogen (secondary N) is 1. The van der Waals surface area contributed by atoms with Gasteiger partial charge in [-0.3, -0.25) is 0 Å². The molecule has 0 aliphatic carbocycles. The highest BCUT2D eigenvalue weighted by Crippen LogP contribution is 2.25. The van der Waals surface area contributed by atoms with Gasteiger partial charge < -0.3 is 5.32 Å². The molecule has 0 radical (unpaired) electrons. The van der Waals surface area contributed by atoms with Crippen molar-refractivity contribution < 1.29 is 0 Å². The molecule has 94 valence electrons. The Morgan fingerprint density at radius 1 is 1.06 bits per heavy atom. The summed E-state index contributed by atoms with van der Waals surface area (Å²) in [6.45, 7) is 0.961. The van der Waals surface area contributed by atoms with E-state index in [0.29, 0.717) is 0 Å². The molecule has 0 fully saturated rings. The lowest BCUT2D eigenvalue weighted by Crippen LogP contribution is -2.02. The summed E-state index contributed by atoms with van der Waals surface area (Å²) >= 11 is 9.37. The summed E-state index contributed by atoms with van der Waals surface area (Å²) in [4.78, 5) is 0. The molecule has 2 rings (SSSR count). The van der Waals surface area contributed by atoms with Gasteiger partial charge in [-0.25, -0.2) is 0 Å². The summed E-state index contributed by atoms with van der Waals surface area (Å²) in [7, 11) is 0. The first-order chi connectivity index (χ1) is 8.75. The number of anilines is 1. The lowest BCUT2D eigenvalue weighted by atomic mass is 10.1. The molecule has 0 atom stereocenters. The van der Waals surface area contributed by atoms with Crippen molar-refractivity contribution in [3.63, 3.8) is 0 Å². The Hall–Kier alpha value is -0.990. The molecule has 0 bridgehead atoms. The van der Waals surface area contributed by atoms with E-state index in [9.17, 15) is 0 Å². The van der Waals surface area contributed by atoms with Gasteiger partial charge in [0.2, 0.25) is 0 Å². The smallest absolute Gasteiger partial charge is 0.0549 e. The first-order valence-electron chi connectivity index (χ1n) is 5.98. The van der Waals surface area contributed by atoms with E-state index in [1.807, 2.05) is 24.3 Å². The fourth-order valence-corrected chi connectivity index (χ4v) is 2.27. The summed E-state index contributed by atoms with van der Waals surface area (Å²) in [5, 5.41) is 4.13. The molecule has 0 heterocycles. The van der Waals surface area contributed by atoms with Crippen LogP contribution in [-0.4, -0.2) is 6.54 Å². The number of hydrogen-bond acceptors (Lipinski definition) is 1. The predicted molar refractivity (Wildman–Crippen MR) is 82.4 cm³/mol. The van der Waals surface area contributed by atoms with Gasteiger partial charge in [0, 0.05) is 16.7 Å². The molecule has 2 aromatic carbocycles. The minimum Gasteiger partial charge on any atom is -0.385 e. The molecular weight excluding hydrogens is 310 g/mol. The zero-order chi connectivity index (χ0) is 12.8. The molecule has 1 nitrogen and oxygen atoms in total. The van der Waals surface area contributed by atoms with E-state index in [1.54, 1.807) is 0 Å². The van der Waals surface area contributed by atoms with Gasteiger partial charge in [0.25, 0.3) is 0 Å². The molecule has 1 N–H and O–H groups in total. The average molecular weight is 325 g/mol. The Bertz CT molecular complexity index is 499. The topological polar surface area (TPSA) is 12.0 Å². The Morgan fingerprint density at radius 2 is 1.83 bits per heavy atom. The standard InChI is InChI=1S/C15H15BrClN/c16-14-11-13(8-9-15(14)17)18-10-4-7-12-5-2-1-3-6-12/h1-3,5-6,8-9,11,18H,4,7,10H2. The zero-order valence-corrected chi connectivity index (χ0v) is 12.3. The fraction of sp³-hybridized carbons (Fsp3) is 0.200. The van der Waals surface area contributed by atoms with Crippen LogP contribution in [0.5, 0.6) is 0 Å². The van der Waals surface area contributed by atoms with Crippen LogP contribution in [-0.2, 0) is 6.42 Å². The van der Waals surface area contributed by atoms with Crippen LogP contribution < -0.4 is 5.32 Å². The summed E-state index contributed by atoms with van der Waals surface area (Å²) < 4.78 is 0.928. The van der Waals surface area contributed by atoms with E-state index in [1.165, 1.54) is 5.56 Å².